The molecule has 1 aromatic carbocycles. The highest BCUT2D eigenvalue weighted by Crippen LogP contribution is 2.10. The van der Waals surface area contributed by atoms with Crippen LogP contribution in [0.1, 0.15) is 24.5 Å². The summed E-state index contributed by atoms with van der Waals surface area (Å²) in [6.45, 7) is 4.92. The van der Waals surface area contributed by atoms with E-state index in [2.05, 4.69) is 5.32 Å². The Balaban J connectivity index is 2.28. The van der Waals surface area contributed by atoms with E-state index in [-0.39, 0.29) is 17.3 Å². The van der Waals surface area contributed by atoms with E-state index in [1.807, 2.05) is 13.8 Å². The molecule has 0 heterocycles. The largest absolute Gasteiger partial charge is 0.315 e. The summed E-state index contributed by atoms with van der Waals surface area (Å²) in [4.78, 5) is 0. The molecule has 0 aliphatic rings. The van der Waals surface area contributed by atoms with Crippen molar-refractivity contribution in [3.8, 4) is 0 Å². The van der Waals surface area contributed by atoms with E-state index in [4.69, 9.17) is 0 Å². The van der Waals surface area contributed by atoms with Crippen LogP contribution in [0.15, 0.2) is 18.2 Å². The molecule has 0 spiro atoms. The average Bonchev–Trinajstić information content (AvgIpc) is 2.31. The van der Waals surface area contributed by atoms with Crippen LogP contribution in [0, 0.1) is 12.7 Å². The highest BCUT2D eigenvalue weighted by molar-refractivity contribution is 7.91. The quantitative estimate of drug-likeness (QED) is 0.745. The van der Waals surface area contributed by atoms with Crippen molar-refractivity contribution in [2.45, 2.75) is 26.7 Å². The number of aryl methyl sites for hydroxylation is 1. The van der Waals surface area contributed by atoms with E-state index in [1.54, 1.807) is 6.07 Å². The van der Waals surface area contributed by atoms with Gasteiger partial charge in [0.05, 0.1) is 5.75 Å². The third-order valence-corrected chi connectivity index (χ3v) is 4.84. The number of hydrogen-bond donors (Lipinski definition) is 1. The first-order valence-electron chi connectivity index (χ1n) is 6.61. The van der Waals surface area contributed by atoms with Gasteiger partial charge >= 0.3 is 0 Å². The number of benzene rings is 1. The van der Waals surface area contributed by atoms with E-state index in [1.165, 1.54) is 12.1 Å². The second kappa shape index (κ2) is 7.60. The van der Waals surface area contributed by atoms with Crippen molar-refractivity contribution in [1.29, 1.82) is 0 Å². The van der Waals surface area contributed by atoms with Crippen LogP contribution in [-0.4, -0.2) is 33.0 Å². The van der Waals surface area contributed by atoms with Crippen LogP contribution in [0.5, 0.6) is 0 Å². The van der Waals surface area contributed by atoms with Crippen molar-refractivity contribution in [2.24, 2.45) is 0 Å². The van der Waals surface area contributed by atoms with Crippen LogP contribution in [0.2, 0.25) is 0 Å². The van der Waals surface area contributed by atoms with Gasteiger partial charge in [-0.1, -0.05) is 13.0 Å². The van der Waals surface area contributed by atoms with Gasteiger partial charge in [-0.3, -0.25) is 0 Å². The normalized spacial score (nSPS) is 11.7. The standard InChI is InChI=1S/C14H22FNO2S/c1-3-9-19(17,18)10-8-16-7-6-13-4-5-14(15)11-12(13)2/h4-5,11,16H,3,6-10H2,1-2H3. The minimum Gasteiger partial charge on any atom is -0.315 e. The van der Waals surface area contributed by atoms with Gasteiger partial charge in [-0.2, -0.15) is 0 Å². The fourth-order valence-corrected chi connectivity index (χ4v) is 3.21. The lowest BCUT2D eigenvalue weighted by Gasteiger charge is -2.08. The van der Waals surface area contributed by atoms with Crippen LogP contribution >= 0.6 is 0 Å². The first kappa shape index (κ1) is 16.1. The van der Waals surface area contributed by atoms with Gasteiger partial charge in [0.25, 0.3) is 0 Å². The summed E-state index contributed by atoms with van der Waals surface area (Å²) in [6, 6.07) is 4.75. The number of sulfone groups is 1. The molecule has 0 aliphatic carbocycles. The third-order valence-electron chi connectivity index (χ3n) is 2.98. The molecule has 0 amide bonds. The summed E-state index contributed by atoms with van der Waals surface area (Å²) >= 11 is 0. The summed E-state index contributed by atoms with van der Waals surface area (Å²) in [5, 5.41) is 3.12. The smallest absolute Gasteiger partial charge is 0.151 e. The van der Waals surface area contributed by atoms with Gasteiger partial charge in [0, 0.05) is 12.3 Å². The number of rotatable bonds is 8. The summed E-state index contributed by atoms with van der Waals surface area (Å²) in [5.74, 6) is 0.217. The van der Waals surface area contributed by atoms with Crippen LogP contribution in [0.3, 0.4) is 0 Å². The van der Waals surface area contributed by atoms with Gasteiger partial charge in [0.15, 0.2) is 9.84 Å². The average molecular weight is 287 g/mol. The molecule has 0 atom stereocenters. The summed E-state index contributed by atoms with van der Waals surface area (Å²) < 4.78 is 35.9. The Morgan fingerprint density at radius 1 is 1.21 bits per heavy atom. The Bertz CT molecular complexity index is 500. The molecule has 3 nitrogen and oxygen atoms in total. The maximum atomic E-state index is 12.9. The van der Waals surface area contributed by atoms with Crippen LogP contribution in [-0.2, 0) is 16.3 Å². The monoisotopic (exact) mass is 287 g/mol. The number of hydrogen-bond acceptors (Lipinski definition) is 3. The SMILES string of the molecule is CCCS(=O)(=O)CCNCCc1ccc(F)cc1C. The highest BCUT2D eigenvalue weighted by atomic mass is 32.2. The van der Waals surface area contributed by atoms with Crippen molar-refractivity contribution in [3.63, 3.8) is 0 Å². The number of nitrogens with one attached hydrogen (secondary N) is 1. The second-order valence-corrected chi connectivity index (χ2v) is 7.03. The lowest BCUT2D eigenvalue weighted by molar-refractivity contribution is 0.589. The Morgan fingerprint density at radius 2 is 1.95 bits per heavy atom. The molecule has 5 heteroatoms. The molecule has 0 fully saturated rings. The lowest BCUT2D eigenvalue weighted by Crippen LogP contribution is -2.26. The summed E-state index contributed by atoms with van der Waals surface area (Å²) in [7, 11) is -2.90. The van der Waals surface area contributed by atoms with Crippen LogP contribution in [0.25, 0.3) is 0 Å². The maximum Gasteiger partial charge on any atom is 0.151 e. The molecule has 0 aliphatic heterocycles. The minimum atomic E-state index is -2.90. The molecular formula is C14H22FNO2S. The lowest BCUT2D eigenvalue weighted by atomic mass is 10.1. The molecule has 0 aromatic heterocycles. The van der Waals surface area contributed by atoms with E-state index in [0.717, 1.165) is 17.5 Å². The van der Waals surface area contributed by atoms with Crippen molar-refractivity contribution in [2.75, 3.05) is 24.6 Å². The van der Waals surface area contributed by atoms with E-state index in [0.29, 0.717) is 19.5 Å². The topological polar surface area (TPSA) is 46.2 Å². The van der Waals surface area contributed by atoms with Crippen LogP contribution < -0.4 is 5.32 Å². The molecule has 0 radical (unpaired) electrons. The molecule has 1 aromatic rings. The molecule has 1 rings (SSSR count). The zero-order valence-corrected chi connectivity index (χ0v) is 12.4. The molecule has 1 N–H and O–H groups in total. The van der Waals surface area contributed by atoms with E-state index in [9.17, 15) is 12.8 Å². The molecule has 0 unspecified atom stereocenters. The zero-order chi connectivity index (χ0) is 14.3. The van der Waals surface area contributed by atoms with Crippen molar-refractivity contribution in [1.82, 2.24) is 5.32 Å². The molecule has 0 bridgehead atoms. The summed E-state index contributed by atoms with van der Waals surface area (Å²) in [6.07, 6.45) is 1.44. The Hall–Kier alpha value is -0.940. The van der Waals surface area contributed by atoms with Gasteiger partial charge in [0.1, 0.15) is 5.82 Å². The summed E-state index contributed by atoms with van der Waals surface area (Å²) in [5.41, 5.74) is 2.02. The van der Waals surface area contributed by atoms with Gasteiger partial charge in [-0.25, -0.2) is 12.8 Å². The van der Waals surface area contributed by atoms with Gasteiger partial charge in [-0.15, -0.1) is 0 Å². The fourth-order valence-electron chi connectivity index (χ4n) is 1.93. The van der Waals surface area contributed by atoms with Crippen molar-refractivity contribution in [3.05, 3.63) is 35.1 Å². The van der Waals surface area contributed by atoms with Crippen molar-refractivity contribution >= 4 is 9.84 Å². The Labute approximate surface area is 115 Å². The fraction of sp³-hybridized carbons (Fsp3) is 0.571. The van der Waals surface area contributed by atoms with Gasteiger partial charge in [-0.05, 0) is 49.6 Å². The zero-order valence-electron chi connectivity index (χ0n) is 11.6. The van der Waals surface area contributed by atoms with Gasteiger partial charge in [0.2, 0.25) is 0 Å². The molecule has 0 saturated heterocycles. The molecule has 19 heavy (non-hydrogen) atoms. The van der Waals surface area contributed by atoms with Crippen molar-refractivity contribution < 1.29 is 12.8 Å². The van der Waals surface area contributed by atoms with Gasteiger partial charge < -0.3 is 5.32 Å². The predicted octanol–water partition coefficient (Wildman–Crippen LogP) is 2.09. The molecular weight excluding hydrogens is 265 g/mol. The Kier molecular flexibility index (Phi) is 6.45. The molecule has 0 saturated carbocycles. The van der Waals surface area contributed by atoms with E-state index < -0.39 is 9.84 Å². The minimum absolute atomic E-state index is 0.184. The predicted molar refractivity (Wildman–Crippen MR) is 76.7 cm³/mol. The highest BCUT2D eigenvalue weighted by Gasteiger charge is 2.08. The first-order chi connectivity index (χ1) is 8.94. The number of halogens is 1. The first-order valence-corrected chi connectivity index (χ1v) is 8.43. The van der Waals surface area contributed by atoms with Crippen LogP contribution in [0.4, 0.5) is 4.39 Å². The third kappa shape index (κ3) is 6.16. The van der Waals surface area contributed by atoms with E-state index >= 15 is 0 Å². The Morgan fingerprint density at radius 3 is 2.58 bits per heavy atom. The second-order valence-electron chi connectivity index (χ2n) is 4.72. The molecule has 108 valence electrons. The maximum absolute atomic E-state index is 12.9.